The van der Waals surface area contributed by atoms with Gasteiger partial charge in [-0.2, -0.15) is 0 Å². The minimum absolute atomic E-state index is 0.137. The molecule has 0 saturated carbocycles. The highest BCUT2D eigenvalue weighted by molar-refractivity contribution is 7.07. The second-order valence-electron chi connectivity index (χ2n) is 4.45. The average Bonchev–Trinajstić information content (AvgIpc) is 2.76. The van der Waals surface area contributed by atoms with Crippen molar-refractivity contribution in [1.82, 2.24) is 10.3 Å². The maximum absolute atomic E-state index is 11.5. The van der Waals surface area contributed by atoms with E-state index >= 15 is 0 Å². The zero-order valence-corrected chi connectivity index (χ0v) is 10.7. The third-order valence-corrected chi connectivity index (χ3v) is 3.03. The van der Waals surface area contributed by atoms with Crippen molar-refractivity contribution in [1.29, 1.82) is 0 Å². The Morgan fingerprint density at radius 1 is 1.53 bits per heavy atom. The van der Waals surface area contributed by atoms with Gasteiger partial charge in [0.25, 0.3) is 0 Å². The van der Waals surface area contributed by atoms with E-state index in [9.17, 15) is 9.59 Å². The number of carboxylic acid groups (broad SMARTS) is 1. The predicted molar refractivity (Wildman–Crippen MR) is 64.9 cm³/mol. The van der Waals surface area contributed by atoms with Gasteiger partial charge in [-0.3, -0.25) is 9.59 Å². The van der Waals surface area contributed by atoms with Gasteiger partial charge in [0.15, 0.2) is 0 Å². The Balaban J connectivity index is 2.28. The lowest BCUT2D eigenvalue weighted by molar-refractivity contribution is -0.146. The summed E-state index contributed by atoms with van der Waals surface area (Å²) in [6, 6.07) is 0. The monoisotopic (exact) mass is 256 g/mol. The van der Waals surface area contributed by atoms with Gasteiger partial charge in [0.05, 0.1) is 16.6 Å². The molecule has 1 amide bonds. The van der Waals surface area contributed by atoms with Crippen LogP contribution in [0.5, 0.6) is 0 Å². The van der Waals surface area contributed by atoms with Gasteiger partial charge in [0.2, 0.25) is 5.91 Å². The molecule has 0 aromatic carbocycles. The van der Waals surface area contributed by atoms with Crippen LogP contribution in [0.2, 0.25) is 0 Å². The molecule has 0 unspecified atom stereocenters. The summed E-state index contributed by atoms with van der Waals surface area (Å²) in [5.41, 5.74) is 1.68. The third-order valence-electron chi connectivity index (χ3n) is 2.40. The zero-order chi connectivity index (χ0) is 12.9. The summed E-state index contributed by atoms with van der Waals surface area (Å²) in [6.45, 7) is 3.30. The summed E-state index contributed by atoms with van der Waals surface area (Å²) in [7, 11) is 0. The fourth-order valence-electron chi connectivity index (χ4n) is 1.09. The molecule has 0 bridgehead atoms. The molecule has 0 atom stereocenters. The van der Waals surface area contributed by atoms with E-state index < -0.39 is 11.4 Å². The largest absolute Gasteiger partial charge is 0.481 e. The molecule has 0 saturated heterocycles. The highest BCUT2D eigenvalue weighted by Gasteiger charge is 2.27. The number of carbonyl (C=O) groups is 2. The molecular formula is C11H16N2O3S. The van der Waals surface area contributed by atoms with E-state index in [4.69, 9.17) is 5.11 Å². The van der Waals surface area contributed by atoms with Gasteiger partial charge < -0.3 is 10.4 Å². The predicted octanol–water partition coefficient (Wildman–Crippen LogP) is 1.30. The fourth-order valence-corrected chi connectivity index (χ4v) is 1.68. The molecule has 1 aromatic rings. The Labute approximate surface area is 104 Å². The maximum atomic E-state index is 11.5. The second kappa shape index (κ2) is 5.77. The van der Waals surface area contributed by atoms with Gasteiger partial charge in [0.1, 0.15) is 0 Å². The zero-order valence-electron chi connectivity index (χ0n) is 9.90. The lowest BCUT2D eigenvalue weighted by Crippen LogP contribution is -2.38. The van der Waals surface area contributed by atoms with E-state index in [0.717, 1.165) is 5.69 Å². The molecule has 0 aliphatic carbocycles. The molecule has 94 valence electrons. The minimum Gasteiger partial charge on any atom is -0.481 e. The Bertz CT molecular complexity index is 387. The van der Waals surface area contributed by atoms with Crippen molar-refractivity contribution in [2.75, 3.05) is 6.54 Å². The smallest absolute Gasteiger partial charge is 0.310 e. The topological polar surface area (TPSA) is 79.3 Å². The summed E-state index contributed by atoms with van der Waals surface area (Å²) < 4.78 is 0. The van der Waals surface area contributed by atoms with Crippen molar-refractivity contribution < 1.29 is 14.7 Å². The van der Waals surface area contributed by atoms with Crippen molar-refractivity contribution in [2.45, 2.75) is 26.7 Å². The Morgan fingerprint density at radius 3 is 2.76 bits per heavy atom. The van der Waals surface area contributed by atoms with Crippen LogP contribution in [-0.4, -0.2) is 28.5 Å². The summed E-state index contributed by atoms with van der Waals surface area (Å²) >= 11 is 1.49. The number of thiazole rings is 1. The maximum Gasteiger partial charge on any atom is 0.310 e. The summed E-state index contributed by atoms with van der Waals surface area (Å²) in [6.07, 6.45) is 0.919. The minimum atomic E-state index is -0.934. The number of carbonyl (C=O) groups excluding carboxylic acids is 1. The molecule has 0 aliphatic rings. The van der Waals surface area contributed by atoms with E-state index in [0.29, 0.717) is 12.8 Å². The first-order chi connectivity index (χ1) is 7.92. The van der Waals surface area contributed by atoms with E-state index in [-0.39, 0.29) is 12.5 Å². The van der Waals surface area contributed by atoms with E-state index in [2.05, 4.69) is 10.3 Å². The molecule has 0 aliphatic heterocycles. The number of rotatable bonds is 6. The molecule has 5 nitrogen and oxygen atoms in total. The lowest BCUT2D eigenvalue weighted by atomic mass is 9.94. The van der Waals surface area contributed by atoms with Gasteiger partial charge >= 0.3 is 5.97 Å². The summed E-state index contributed by atoms with van der Waals surface area (Å²) in [5.74, 6) is -1.07. The first-order valence-corrected chi connectivity index (χ1v) is 6.23. The molecule has 1 rings (SSSR count). The van der Waals surface area contributed by atoms with Gasteiger partial charge in [-0.1, -0.05) is 0 Å². The SMILES string of the molecule is CC(C)(CNC(=O)CCc1cscn1)C(=O)O. The normalized spacial score (nSPS) is 11.2. The number of carboxylic acids is 1. The number of nitrogens with zero attached hydrogens (tertiary/aromatic N) is 1. The lowest BCUT2D eigenvalue weighted by Gasteiger charge is -2.19. The van der Waals surface area contributed by atoms with Gasteiger partial charge in [-0.05, 0) is 20.3 Å². The molecule has 1 heterocycles. The van der Waals surface area contributed by atoms with Crippen LogP contribution in [0.3, 0.4) is 0 Å². The van der Waals surface area contributed by atoms with Gasteiger partial charge in [-0.25, -0.2) is 4.98 Å². The van der Waals surface area contributed by atoms with Crippen molar-refractivity contribution >= 4 is 23.2 Å². The van der Waals surface area contributed by atoms with Crippen LogP contribution < -0.4 is 5.32 Å². The molecule has 0 spiro atoms. The molecule has 17 heavy (non-hydrogen) atoms. The van der Waals surface area contributed by atoms with E-state index in [1.165, 1.54) is 11.3 Å². The fraction of sp³-hybridized carbons (Fsp3) is 0.545. The molecule has 1 aromatic heterocycles. The third kappa shape index (κ3) is 4.52. The summed E-state index contributed by atoms with van der Waals surface area (Å²) in [5, 5.41) is 13.4. The Kier molecular flexibility index (Phi) is 4.62. The number of hydrogen-bond donors (Lipinski definition) is 2. The van der Waals surface area contributed by atoms with E-state index in [1.54, 1.807) is 19.4 Å². The number of aryl methyl sites for hydroxylation is 1. The van der Waals surface area contributed by atoms with Gasteiger partial charge in [-0.15, -0.1) is 11.3 Å². The van der Waals surface area contributed by atoms with Crippen molar-refractivity contribution in [3.63, 3.8) is 0 Å². The number of amides is 1. The molecule has 2 N–H and O–H groups in total. The number of aromatic nitrogens is 1. The van der Waals surface area contributed by atoms with Crippen molar-refractivity contribution in [3.8, 4) is 0 Å². The van der Waals surface area contributed by atoms with Crippen molar-refractivity contribution in [2.24, 2.45) is 5.41 Å². The van der Waals surface area contributed by atoms with Crippen LogP contribution in [-0.2, 0) is 16.0 Å². The highest BCUT2D eigenvalue weighted by atomic mass is 32.1. The molecule has 0 radical (unpaired) electrons. The second-order valence-corrected chi connectivity index (χ2v) is 5.16. The number of aliphatic carboxylic acids is 1. The van der Waals surface area contributed by atoms with Crippen LogP contribution in [0.1, 0.15) is 26.0 Å². The quantitative estimate of drug-likeness (QED) is 0.804. The first-order valence-electron chi connectivity index (χ1n) is 5.29. The molecule has 0 fully saturated rings. The first kappa shape index (κ1) is 13.6. The van der Waals surface area contributed by atoms with Crippen LogP contribution >= 0.6 is 11.3 Å². The Morgan fingerprint density at radius 2 is 2.24 bits per heavy atom. The Hall–Kier alpha value is -1.43. The number of nitrogens with one attached hydrogen (secondary N) is 1. The van der Waals surface area contributed by atoms with Crippen LogP contribution in [0, 0.1) is 5.41 Å². The van der Waals surface area contributed by atoms with Crippen molar-refractivity contribution in [3.05, 3.63) is 16.6 Å². The standard InChI is InChI=1S/C11H16N2O3S/c1-11(2,10(15)16)6-12-9(14)4-3-8-5-17-7-13-8/h5,7H,3-4,6H2,1-2H3,(H,12,14)(H,15,16). The average molecular weight is 256 g/mol. The molecule has 6 heteroatoms. The van der Waals surface area contributed by atoms with Crippen LogP contribution in [0.25, 0.3) is 0 Å². The number of hydrogen-bond acceptors (Lipinski definition) is 4. The molecular weight excluding hydrogens is 240 g/mol. The van der Waals surface area contributed by atoms with E-state index in [1.807, 2.05) is 5.38 Å². The highest BCUT2D eigenvalue weighted by Crippen LogP contribution is 2.13. The van der Waals surface area contributed by atoms with Crippen LogP contribution in [0.15, 0.2) is 10.9 Å². The van der Waals surface area contributed by atoms with Gasteiger partial charge in [0, 0.05) is 18.3 Å². The summed E-state index contributed by atoms with van der Waals surface area (Å²) in [4.78, 5) is 26.4. The van der Waals surface area contributed by atoms with Crippen LogP contribution in [0.4, 0.5) is 0 Å².